The third-order valence-corrected chi connectivity index (χ3v) is 5.42. The van der Waals surface area contributed by atoms with Crippen LogP contribution in [0.25, 0.3) is 0 Å². The predicted octanol–water partition coefficient (Wildman–Crippen LogP) is 3.95. The van der Waals surface area contributed by atoms with Crippen molar-refractivity contribution in [3.05, 3.63) is 90.0 Å². The van der Waals surface area contributed by atoms with Crippen molar-refractivity contribution in [3.8, 4) is 5.75 Å². The molecule has 0 atom stereocenters. The van der Waals surface area contributed by atoms with Gasteiger partial charge in [0.1, 0.15) is 17.4 Å². The average Bonchev–Trinajstić information content (AvgIpc) is 2.73. The molecule has 0 fully saturated rings. The Hall–Kier alpha value is -3.46. The highest BCUT2D eigenvalue weighted by atomic mass is 32.2. The number of rotatable bonds is 8. The number of nitrogens with zero attached hydrogens (tertiary/aromatic N) is 1. The van der Waals surface area contributed by atoms with Gasteiger partial charge in [-0.1, -0.05) is 24.3 Å². The first-order valence-electron chi connectivity index (χ1n) is 9.22. The van der Waals surface area contributed by atoms with Gasteiger partial charge in [-0.3, -0.25) is 9.10 Å². The Labute approximate surface area is 179 Å². The number of sulfonamides is 1. The van der Waals surface area contributed by atoms with Gasteiger partial charge in [0, 0.05) is 0 Å². The second-order valence-electron chi connectivity index (χ2n) is 6.71. The van der Waals surface area contributed by atoms with Crippen molar-refractivity contribution in [1.29, 1.82) is 0 Å². The molecule has 6 nitrogen and oxygen atoms in total. The first-order valence-corrected chi connectivity index (χ1v) is 11.1. The third-order valence-electron chi connectivity index (χ3n) is 4.28. The van der Waals surface area contributed by atoms with Gasteiger partial charge in [0.05, 0.1) is 24.2 Å². The van der Waals surface area contributed by atoms with Crippen LogP contribution in [0, 0.1) is 11.6 Å². The fourth-order valence-electron chi connectivity index (χ4n) is 2.76. The lowest BCUT2D eigenvalue weighted by Gasteiger charge is -2.22. The van der Waals surface area contributed by atoms with Crippen LogP contribution >= 0.6 is 0 Å². The molecule has 0 heterocycles. The summed E-state index contributed by atoms with van der Waals surface area (Å²) in [4.78, 5) is 12.0. The second-order valence-corrected chi connectivity index (χ2v) is 8.61. The molecular weight excluding hydrogens is 426 g/mol. The van der Waals surface area contributed by atoms with Crippen molar-refractivity contribution < 1.29 is 26.7 Å². The summed E-state index contributed by atoms with van der Waals surface area (Å²) in [5.74, 6) is -1.16. The van der Waals surface area contributed by atoms with Crippen molar-refractivity contribution in [2.75, 3.05) is 22.5 Å². The van der Waals surface area contributed by atoms with Crippen molar-refractivity contribution >= 4 is 27.3 Å². The number of carbonyl (C=O) groups excluding carboxylic acids is 1. The smallest absolute Gasteiger partial charge is 0.262 e. The number of ether oxygens (including phenoxy) is 1. The maximum atomic E-state index is 13.6. The topological polar surface area (TPSA) is 75.7 Å². The van der Waals surface area contributed by atoms with E-state index in [1.54, 1.807) is 6.07 Å². The second kappa shape index (κ2) is 9.57. The Morgan fingerprint density at radius 2 is 1.61 bits per heavy atom. The fourth-order valence-corrected chi connectivity index (χ4v) is 3.65. The van der Waals surface area contributed by atoms with Crippen LogP contribution in [0.15, 0.2) is 72.8 Å². The molecular formula is C22H20F2N2O4S. The quantitative estimate of drug-likeness (QED) is 0.569. The standard InChI is InChI=1S/C22H20F2N2O4S/c1-31(28,29)26(14-16-6-8-17(23)9-7-16)18-10-12-19(13-11-18)30-15-22(27)25-21-5-3-2-4-20(21)24/h2-13H,14-15H2,1H3,(H,25,27). The SMILES string of the molecule is CS(=O)(=O)N(Cc1ccc(F)cc1)c1ccc(OCC(=O)Nc2ccccc2F)cc1. The van der Waals surface area contributed by atoms with E-state index in [2.05, 4.69) is 5.32 Å². The largest absolute Gasteiger partial charge is 0.484 e. The molecule has 162 valence electrons. The highest BCUT2D eigenvalue weighted by Gasteiger charge is 2.18. The van der Waals surface area contributed by atoms with E-state index in [9.17, 15) is 22.0 Å². The summed E-state index contributed by atoms with van der Waals surface area (Å²) >= 11 is 0. The zero-order chi connectivity index (χ0) is 22.4. The molecule has 3 aromatic carbocycles. The minimum atomic E-state index is -3.60. The Morgan fingerprint density at radius 1 is 0.968 bits per heavy atom. The van der Waals surface area contributed by atoms with Crippen LogP contribution in [0.4, 0.5) is 20.2 Å². The maximum Gasteiger partial charge on any atom is 0.262 e. The number of hydrogen-bond donors (Lipinski definition) is 1. The van der Waals surface area contributed by atoms with E-state index in [0.29, 0.717) is 17.0 Å². The summed E-state index contributed by atoms with van der Waals surface area (Å²) in [6, 6.07) is 17.4. The monoisotopic (exact) mass is 446 g/mol. The van der Waals surface area contributed by atoms with Crippen LogP contribution in [-0.2, 0) is 21.4 Å². The number of carbonyl (C=O) groups is 1. The molecule has 0 aliphatic rings. The minimum Gasteiger partial charge on any atom is -0.484 e. The zero-order valence-corrected chi connectivity index (χ0v) is 17.4. The molecule has 0 aromatic heterocycles. The van der Waals surface area contributed by atoms with E-state index < -0.39 is 27.6 Å². The lowest BCUT2D eigenvalue weighted by Crippen LogP contribution is -2.29. The van der Waals surface area contributed by atoms with Crippen LogP contribution in [0.5, 0.6) is 5.75 Å². The van der Waals surface area contributed by atoms with Crippen LogP contribution < -0.4 is 14.4 Å². The van der Waals surface area contributed by atoms with Crippen molar-refractivity contribution in [1.82, 2.24) is 0 Å². The summed E-state index contributed by atoms with van der Waals surface area (Å²) in [6.07, 6.45) is 1.08. The number of nitrogens with one attached hydrogen (secondary N) is 1. The lowest BCUT2D eigenvalue weighted by atomic mass is 10.2. The number of anilines is 2. The average molecular weight is 446 g/mol. The van der Waals surface area contributed by atoms with Gasteiger partial charge >= 0.3 is 0 Å². The molecule has 0 aliphatic carbocycles. The Morgan fingerprint density at radius 3 is 2.23 bits per heavy atom. The van der Waals surface area contributed by atoms with Crippen molar-refractivity contribution in [2.24, 2.45) is 0 Å². The van der Waals surface area contributed by atoms with Gasteiger partial charge in [0.25, 0.3) is 5.91 Å². The number of benzene rings is 3. The predicted molar refractivity (Wildman–Crippen MR) is 114 cm³/mol. The van der Waals surface area contributed by atoms with Gasteiger partial charge in [-0.05, 0) is 54.1 Å². The molecule has 0 bridgehead atoms. The summed E-state index contributed by atoms with van der Waals surface area (Å²) < 4.78 is 57.7. The van der Waals surface area contributed by atoms with E-state index in [0.717, 1.165) is 6.26 Å². The van der Waals surface area contributed by atoms with Gasteiger partial charge in [0.15, 0.2) is 6.61 Å². The molecule has 0 aliphatic heterocycles. The molecule has 1 amide bonds. The number of hydrogen-bond acceptors (Lipinski definition) is 4. The molecule has 0 spiro atoms. The molecule has 31 heavy (non-hydrogen) atoms. The summed E-state index contributed by atoms with van der Waals surface area (Å²) in [6.45, 7) is -0.316. The molecule has 3 aromatic rings. The Bertz CT molecular complexity index is 1150. The van der Waals surface area contributed by atoms with Crippen molar-refractivity contribution in [3.63, 3.8) is 0 Å². The Kier molecular flexibility index (Phi) is 6.86. The summed E-state index contributed by atoms with van der Waals surface area (Å²) in [5.41, 5.74) is 1.06. The molecule has 0 unspecified atom stereocenters. The van der Waals surface area contributed by atoms with Gasteiger partial charge in [0.2, 0.25) is 10.0 Å². The lowest BCUT2D eigenvalue weighted by molar-refractivity contribution is -0.118. The van der Waals surface area contributed by atoms with Gasteiger partial charge < -0.3 is 10.1 Å². The highest BCUT2D eigenvalue weighted by molar-refractivity contribution is 7.92. The van der Waals surface area contributed by atoms with E-state index in [-0.39, 0.29) is 18.8 Å². The zero-order valence-electron chi connectivity index (χ0n) is 16.6. The number of para-hydroxylation sites is 1. The number of amides is 1. The van der Waals surface area contributed by atoms with Crippen LogP contribution in [0.2, 0.25) is 0 Å². The van der Waals surface area contributed by atoms with Gasteiger partial charge in [-0.15, -0.1) is 0 Å². The van der Waals surface area contributed by atoms with Crippen LogP contribution in [0.1, 0.15) is 5.56 Å². The highest BCUT2D eigenvalue weighted by Crippen LogP contribution is 2.24. The first kappa shape index (κ1) is 22.2. The first-order chi connectivity index (χ1) is 14.7. The van der Waals surface area contributed by atoms with E-state index in [1.807, 2.05) is 0 Å². The molecule has 0 saturated carbocycles. The molecule has 3 rings (SSSR count). The number of halogens is 2. The Balaban J connectivity index is 1.65. The van der Waals surface area contributed by atoms with Crippen LogP contribution in [0.3, 0.4) is 0 Å². The van der Waals surface area contributed by atoms with Crippen LogP contribution in [-0.4, -0.2) is 27.2 Å². The van der Waals surface area contributed by atoms with Crippen molar-refractivity contribution in [2.45, 2.75) is 6.54 Å². The minimum absolute atomic E-state index is 0.0321. The van der Waals surface area contributed by atoms with E-state index in [4.69, 9.17) is 4.74 Å². The summed E-state index contributed by atoms with van der Waals surface area (Å²) in [5, 5.41) is 2.41. The molecule has 9 heteroatoms. The maximum absolute atomic E-state index is 13.6. The normalized spacial score (nSPS) is 11.1. The van der Waals surface area contributed by atoms with Gasteiger partial charge in [-0.25, -0.2) is 17.2 Å². The molecule has 1 N–H and O–H groups in total. The summed E-state index contributed by atoms with van der Waals surface area (Å²) in [7, 11) is -3.60. The molecule has 0 saturated heterocycles. The molecule has 0 radical (unpaired) electrons. The van der Waals surface area contributed by atoms with E-state index in [1.165, 1.54) is 71.0 Å². The fraction of sp³-hybridized carbons (Fsp3) is 0.136. The van der Waals surface area contributed by atoms with E-state index >= 15 is 0 Å². The third kappa shape index (κ3) is 6.26. The van der Waals surface area contributed by atoms with Gasteiger partial charge in [-0.2, -0.15) is 0 Å².